The first-order valence-electron chi connectivity index (χ1n) is 3.18. The van der Waals surface area contributed by atoms with Gasteiger partial charge in [0.1, 0.15) is 0 Å². The van der Waals surface area contributed by atoms with Crippen molar-refractivity contribution in [1.29, 1.82) is 0 Å². The second-order valence-electron chi connectivity index (χ2n) is 3.44. The zero-order chi connectivity index (χ0) is 9.23. The summed E-state index contributed by atoms with van der Waals surface area (Å²) in [6, 6.07) is 0. The SMILES string of the molecule is CC(C)(C)C(C(=O)[O-])C(=O)[O-].[K+].[Na+]. The third-order valence-electron chi connectivity index (χ3n) is 1.34. The van der Waals surface area contributed by atoms with Crippen LogP contribution in [0.5, 0.6) is 0 Å². The number of carbonyl (C=O) groups excluding carboxylic acids is 2. The van der Waals surface area contributed by atoms with E-state index >= 15 is 0 Å². The van der Waals surface area contributed by atoms with Crippen molar-refractivity contribution < 1.29 is 101 Å². The fraction of sp³-hybridized carbons (Fsp3) is 0.714. The van der Waals surface area contributed by atoms with Crippen molar-refractivity contribution in [2.75, 3.05) is 0 Å². The van der Waals surface area contributed by atoms with E-state index in [-0.39, 0.29) is 80.9 Å². The Morgan fingerprint density at radius 1 is 1.08 bits per heavy atom. The van der Waals surface area contributed by atoms with Crippen LogP contribution in [0.1, 0.15) is 20.8 Å². The summed E-state index contributed by atoms with van der Waals surface area (Å²) >= 11 is 0. The Kier molecular flexibility index (Phi) is 12.1. The molecule has 0 rings (SSSR count). The topological polar surface area (TPSA) is 80.3 Å². The van der Waals surface area contributed by atoms with Crippen LogP contribution in [-0.4, -0.2) is 11.9 Å². The average Bonchev–Trinajstić information content (AvgIpc) is 1.54. The Morgan fingerprint density at radius 3 is 1.31 bits per heavy atom. The molecule has 6 heteroatoms. The van der Waals surface area contributed by atoms with E-state index < -0.39 is 23.3 Å². The van der Waals surface area contributed by atoms with Crippen LogP contribution in [0.4, 0.5) is 0 Å². The smallest absolute Gasteiger partial charge is 0.549 e. The molecule has 0 fully saturated rings. The number of carbonyl (C=O) groups is 2. The molecule has 0 heterocycles. The second-order valence-corrected chi connectivity index (χ2v) is 3.44. The number of carboxylic acid groups (broad SMARTS) is 2. The van der Waals surface area contributed by atoms with Crippen LogP contribution in [0.2, 0.25) is 0 Å². The van der Waals surface area contributed by atoms with Gasteiger partial charge < -0.3 is 19.8 Å². The van der Waals surface area contributed by atoms with Gasteiger partial charge in [0.2, 0.25) is 0 Å². The fourth-order valence-corrected chi connectivity index (χ4v) is 0.803. The van der Waals surface area contributed by atoms with Gasteiger partial charge in [-0.2, -0.15) is 0 Å². The average molecular weight is 220 g/mol. The summed E-state index contributed by atoms with van der Waals surface area (Å²) in [6.07, 6.45) is 0. The minimum Gasteiger partial charge on any atom is -0.549 e. The first-order chi connectivity index (χ1) is 4.76. The third kappa shape index (κ3) is 7.50. The molecule has 13 heavy (non-hydrogen) atoms. The first kappa shape index (κ1) is 20.0. The van der Waals surface area contributed by atoms with Gasteiger partial charge in [-0.25, -0.2) is 0 Å². The maximum absolute atomic E-state index is 10.3. The number of hydrogen-bond acceptors (Lipinski definition) is 4. The van der Waals surface area contributed by atoms with Gasteiger partial charge in [0, 0.05) is 5.92 Å². The monoisotopic (exact) mass is 220 g/mol. The van der Waals surface area contributed by atoms with Crippen LogP contribution in [0.25, 0.3) is 0 Å². The summed E-state index contributed by atoms with van der Waals surface area (Å²) < 4.78 is 0. The molecule has 4 nitrogen and oxygen atoms in total. The Bertz CT molecular complexity index is 173. The van der Waals surface area contributed by atoms with Gasteiger partial charge in [0.25, 0.3) is 0 Å². The maximum Gasteiger partial charge on any atom is 1.00 e. The largest absolute Gasteiger partial charge is 1.00 e. The van der Waals surface area contributed by atoms with E-state index in [0.29, 0.717) is 0 Å². The molecular formula is C7H10KNaO4. The van der Waals surface area contributed by atoms with Crippen molar-refractivity contribution in [2.24, 2.45) is 11.3 Å². The van der Waals surface area contributed by atoms with Gasteiger partial charge in [0.15, 0.2) is 0 Å². The number of carboxylic acids is 2. The van der Waals surface area contributed by atoms with Gasteiger partial charge in [-0.1, -0.05) is 20.8 Å². The molecule has 0 aliphatic rings. The molecule has 0 radical (unpaired) electrons. The molecule has 0 saturated heterocycles. The Labute approximate surface area is 142 Å². The molecule has 0 aliphatic carbocycles. The van der Waals surface area contributed by atoms with Crippen molar-refractivity contribution in [3.63, 3.8) is 0 Å². The van der Waals surface area contributed by atoms with E-state index in [2.05, 4.69) is 0 Å². The first-order valence-corrected chi connectivity index (χ1v) is 3.18. The molecule has 64 valence electrons. The Hall–Kier alpha value is 1.58. The van der Waals surface area contributed by atoms with Gasteiger partial charge in [0.05, 0.1) is 11.9 Å². The summed E-state index contributed by atoms with van der Waals surface area (Å²) in [4.78, 5) is 20.5. The predicted octanol–water partition coefficient (Wildman–Crippen LogP) is -7.84. The number of aliphatic carboxylic acids is 2. The zero-order valence-electron chi connectivity index (χ0n) is 8.71. The molecule has 0 aromatic carbocycles. The number of hydrogen-bond donors (Lipinski definition) is 0. The molecule has 0 spiro atoms. The van der Waals surface area contributed by atoms with Gasteiger partial charge in [-0.05, 0) is 5.41 Å². The molecule has 0 saturated carbocycles. The second kappa shape index (κ2) is 7.81. The molecular weight excluding hydrogens is 210 g/mol. The van der Waals surface area contributed by atoms with Gasteiger partial charge in [-0.3, -0.25) is 0 Å². The van der Waals surface area contributed by atoms with Crippen LogP contribution >= 0.6 is 0 Å². The van der Waals surface area contributed by atoms with E-state index in [1.807, 2.05) is 0 Å². The third-order valence-corrected chi connectivity index (χ3v) is 1.34. The Morgan fingerprint density at radius 2 is 1.31 bits per heavy atom. The summed E-state index contributed by atoms with van der Waals surface area (Å²) in [6.45, 7) is 4.51. The van der Waals surface area contributed by atoms with Crippen molar-refractivity contribution in [1.82, 2.24) is 0 Å². The molecule has 0 aromatic rings. The van der Waals surface area contributed by atoms with E-state index in [9.17, 15) is 19.8 Å². The zero-order valence-corrected chi connectivity index (χ0v) is 13.8. The van der Waals surface area contributed by atoms with Crippen molar-refractivity contribution in [3.05, 3.63) is 0 Å². The van der Waals surface area contributed by atoms with E-state index in [4.69, 9.17) is 0 Å². The predicted molar refractivity (Wildman–Crippen MR) is 33.0 cm³/mol. The van der Waals surface area contributed by atoms with Crippen LogP contribution in [0.15, 0.2) is 0 Å². The Balaban J connectivity index is -0.000000500. The van der Waals surface area contributed by atoms with E-state index in [1.54, 1.807) is 0 Å². The molecule has 0 atom stereocenters. The standard InChI is InChI=1S/C7H12O4.K.Na/c1-7(2,3)4(5(8)9)6(10)11;;/h4H,1-3H3,(H,8,9)(H,10,11);;/q;2*+1/p-2. The summed E-state index contributed by atoms with van der Waals surface area (Å²) in [5.41, 5.74) is -0.863. The molecule has 0 amide bonds. The van der Waals surface area contributed by atoms with Crippen molar-refractivity contribution in [3.8, 4) is 0 Å². The van der Waals surface area contributed by atoms with Crippen LogP contribution in [0.3, 0.4) is 0 Å². The van der Waals surface area contributed by atoms with Crippen molar-refractivity contribution >= 4 is 11.9 Å². The minimum absolute atomic E-state index is 0. The molecule has 0 N–H and O–H groups in total. The summed E-state index contributed by atoms with van der Waals surface area (Å²) in [7, 11) is 0. The van der Waals surface area contributed by atoms with Crippen molar-refractivity contribution in [2.45, 2.75) is 20.8 Å². The summed E-state index contributed by atoms with van der Waals surface area (Å²) in [5, 5.41) is 20.5. The fourth-order valence-electron chi connectivity index (χ4n) is 0.803. The van der Waals surface area contributed by atoms with Crippen LogP contribution in [-0.2, 0) is 9.59 Å². The maximum atomic E-state index is 10.3. The van der Waals surface area contributed by atoms with Gasteiger partial charge >= 0.3 is 80.9 Å². The minimum atomic E-state index is -1.60. The van der Waals surface area contributed by atoms with Crippen LogP contribution < -0.4 is 91.2 Å². The van der Waals surface area contributed by atoms with Gasteiger partial charge in [-0.15, -0.1) is 0 Å². The molecule has 0 bridgehead atoms. The normalized spacial score (nSPS) is 9.85. The number of rotatable bonds is 2. The summed E-state index contributed by atoms with van der Waals surface area (Å²) in [5.74, 6) is -4.75. The quantitative estimate of drug-likeness (QED) is 0.342. The molecule has 0 unspecified atom stereocenters. The molecule has 0 aromatic heterocycles. The van der Waals surface area contributed by atoms with Crippen LogP contribution in [0, 0.1) is 11.3 Å². The van der Waals surface area contributed by atoms with E-state index in [1.165, 1.54) is 20.8 Å². The van der Waals surface area contributed by atoms with E-state index in [0.717, 1.165) is 0 Å². The molecule has 0 aliphatic heterocycles.